The Morgan fingerprint density at radius 2 is 2.00 bits per heavy atom. The number of benzene rings is 1. The monoisotopic (exact) mass is 257 g/mol. The minimum Gasteiger partial charge on any atom is -0.490 e. The highest BCUT2D eigenvalue weighted by atomic mass is 32.2. The number of methoxy groups -OCH3 is 1. The molecule has 0 saturated heterocycles. The first kappa shape index (κ1) is 14.0. The summed E-state index contributed by atoms with van der Waals surface area (Å²) in [5, 5.41) is 0. The van der Waals surface area contributed by atoms with Crippen LogP contribution in [0.5, 0.6) is 5.75 Å². The lowest BCUT2D eigenvalue weighted by atomic mass is 10.3. The molecule has 0 spiro atoms. The van der Waals surface area contributed by atoms with Gasteiger partial charge in [-0.05, 0) is 18.6 Å². The van der Waals surface area contributed by atoms with E-state index in [1.54, 1.807) is 13.2 Å². The lowest BCUT2D eigenvalue weighted by Crippen LogP contribution is -2.12. The Labute approximate surface area is 105 Å². The molecule has 1 unspecified atom stereocenters. The Bertz CT molecular complexity index is 357. The third-order valence-electron chi connectivity index (χ3n) is 2.21. The van der Waals surface area contributed by atoms with E-state index in [1.807, 2.05) is 18.2 Å². The number of nitrogens with two attached hydrogens (primary N) is 1. The van der Waals surface area contributed by atoms with Gasteiger partial charge in [0.15, 0.2) is 0 Å². The second-order valence-electron chi connectivity index (χ2n) is 3.58. The van der Waals surface area contributed by atoms with Crippen molar-refractivity contribution in [1.29, 1.82) is 0 Å². The fourth-order valence-corrected chi connectivity index (χ4v) is 2.24. The lowest BCUT2D eigenvalue weighted by molar-refractivity contribution is 0.200. The van der Waals surface area contributed by atoms with E-state index in [0.717, 1.165) is 6.42 Å². The van der Waals surface area contributed by atoms with Crippen LogP contribution in [0.4, 0.5) is 5.69 Å². The van der Waals surface area contributed by atoms with Crippen molar-refractivity contribution in [2.24, 2.45) is 0 Å². The smallest absolute Gasteiger partial charge is 0.142 e. The zero-order valence-corrected chi connectivity index (χ0v) is 10.9. The highest BCUT2D eigenvalue weighted by molar-refractivity contribution is 7.84. The normalized spacial score (nSPS) is 12.3. The largest absolute Gasteiger partial charge is 0.490 e. The first-order valence-electron chi connectivity index (χ1n) is 5.55. The van der Waals surface area contributed by atoms with Gasteiger partial charge in [0.25, 0.3) is 0 Å². The Morgan fingerprint density at radius 3 is 2.71 bits per heavy atom. The Morgan fingerprint density at radius 1 is 1.24 bits per heavy atom. The molecule has 0 fully saturated rings. The maximum atomic E-state index is 11.5. The molecule has 0 bridgehead atoms. The van der Waals surface area contributed by atoms with Gasteiger partial charge in [-0.15, -0.1) is 0 Å². The van der Waals surface area contributed by atoms with E-state index in [0.29, 0.717) is 36.2 Å². The number of anilines is 1. The summed E-state index contributed by atoms with van der Waals surface area (Å²) in [5.41, 5.74) is 6.33. The summed E-state index contributed by atoms with van der Waals surface area (Å²) in [6, 6.07) is 7.31. The van der Waals surface area contributed by atoms with Gasteiger partial charge in [-0.25, -0.2) is 0 Å². The van der Waals surface area contributed by atoms with Crippen LogP contribution in [0.3, 0.4) is 0 Å². The van der Waals surface area contributed by atoms with E-state index in [1.165, 1.54) is 0 Å². The van der Waals surface area contributed by atoms with E-state index in [-0.39, 0.29) is 0 Å². The van der Waals surface area contributed by atoms with Crippen LogP contribution in [0.25, 0.3) is 0 Å². The number of para-hydroxylation sites is 2. The topological polar surface area (TPSA) is 61.5 Å². The summed E-state index contributed by atoms with van der Waals surface area (Å²) in [6.45, 7) is 1.08. The molecule has 1 rings (SSSR count). The van der Waals surface area contributed by atoms with Crippen LogP contribution in [-0.4, -0.2) is 36.0 Å². The highest BCUT2D eigenvalue weighted by Gasteiger charge is 2.02. The number of hydrogen-bond acceptors (Lipinski definition) is 4. The molecular weight excluding hydrogens is 238 g/mol. The molecule has 17 heavy (non-hydrogen) atoms. The molecule has 2 N–H and O–H groups in total. The van der Waals surface area contributed by atoms with Crippen molar-refractivity contribution in [2.75, 3.05) is 37.6 Å². The van der Waals surface area contributed by atoms with Crippen LogP contribution >= 0.6 is 0 Å². The molecule has 0 radical (unpaired) electrons. The van der Waals surface area contributed by atoms with E-state index >= 15 is 0 Å². The molecule has 1 aromatic rings. The minimum atomic E-state index is -0.848. The van der Waals surface area contributed by atoms with Gasteiger partial charge in [-0.1, -0.05) is 12.1 Å². The zero-order valence-electron chi connectivity index (χ0n) is 10.1. The molecular formula is C12H19NO3S. The van der Waals surface area contributed by atoms with Crippen LogP contribution in [0, 0.1) is 0 Å². The molecule has 1 aromatic carbocycles. The van der Waals surface area contributed by atoms with E-state index < -0.39 is 10.8 Å². The standard InChI is InChI=1S/C12H19NO3S/c1-15-7-4-9-17(14)10-8-16-12-6-3-2-5-11(12)13/h2-3,5-6H,4,7-10,13H2,1H3. The molecule has 0 amide bonds. The van der Waals surface area contributed by atoms with Crippen molar-refractivity contribution < 1.29 is 13.7 Å². The summed E-state index contributed by atoms with van der Waals surface area (Å²) in [4.78, 5) is 0. The molecule has 0 aliphatic heterocycles. The van der Waals surface area contributed by atoms with Crippen LogP contribution in [-0.2, 0) is 15.5 Å². The molecule has 1 atom stereocenters. The summed E-state index contributed by atoms with van der Waals surface area (Å²) >= 11 is 0. The molecule has 0 heterocycles. The van der Waals surface area contributed by atoms with E-state index in [4.69, 9.17) is 15.2 Å². The summed E-state index contributed by atoms with van der Waals surface area (Å²) < 4.78 is 21.9. The van der Waals surface area contributed by atoms with Gasteiger partial charge in [0.1, 0.15) is 5.75 Å². The number of nitrogen functional groups attached to an aromatic ring is 1. The Kier molecular flexibility index (Phi) is 6.65. The van der Waals surface area contributed by atoms with Crippen LogP contribution in [0.1, 0.15) is 6.42 Å². The van der Waals surface area contributed by atoms with Gasteiger partial charge < -0.3 is 15.2 Å². The summed E-state index contributed by atoms with van der Waals surface area (Å²) in [5.74, 6) is 1.83. The first-order chi connectivity index (χ1) is 8.24. The quantitative estimate of drug-likeness (QED) is 0.565. The van der Waals surface area contributed by atoms with Crippen LogP contribution < -0.4 is 10.5 Å². The van der Waals surface area contributed by atoms with Gasteiger partial charge in [-0.3, -0.25) is 4.21 Å². The van der Waals surface area contributed by atoms with Gasteiger partial charge in [0.2, 0.25) is 0 Å². The molecule has 4 nitrogen and oxygen atoms in total. The predicted molar refractivity (Wildman–Crippen MR) is 70.7 cm³/mol. The van der Waals surface area contributed by atoms with Crippen molar-refractivity contribution in [3.05, 3.63) is 24.3 Å². The molecule has 0 aliphatic carbocycles. The SMILES string of the molecule is COCCCS(=O)CCOc1ccccc1N. The predicted octanol–water partition coefficient (Wildman–Crippen LogP) is 1.43. The average Bonchev–Trinajstić information content (AvgIpc) is 2.32. The molecule has 5 heteroatoms. The lowest BCUT2D eigenvalue weighted by Gasteiger charge is -2.08. The van der Waals surface area contributed by atoms with Crippen molar-refractivity contribution >= 4 is 16.5 Å². The third-order valence-corrected chi connectivity index (χ3v) is 3.57. The minimum absolute atomic E-state index is 0.424. The fourth-order valence-electron chi connectivity index (χ4n) is 1.32. The number of hydrogen-bond donors (Lipinski definition) is 1. The summed E-state index contributed by atoms with van der Waals surface area (Å²) in [6.07, 6.45) is 0.816. The maximum absolute atomic E-state index is 11.5. The Balaban J connectivity index is 2.19. The second-order valence-corrected chi connectivity index (χ2v) is 5.28. The molecule has 0 aliphatic rings. The number of rotatable bonds is 8. The van der Waals surface area contributed by atoms with Crippen molar-refractivity contribution in [2.45, 2.75) is 6.42 Å². The van der Waals surface area contributed by atoms with E-state index in [2.05, 4.69) is 0 Å². The average molecular weight is 257 g/mol. The molecule has 0 aromatic heterocycles. The van der Waals surface area contributed by atoms with Gasteiger partial charge in [0, 0.05) is 30.3 Å². The van der Waals surface area contributed by atoms with Crippen LogP contribution in [0.2, 0.25) is 0 Å². The second kappa shape index (κ2) is 8.08. The fraction of sp³-hybridized carbons (Fsp3) is 0.500. The van der Waals surface area contributed by atoms with Crippen molar-refractivity contribution in [1.82, 2.24) is 0 Å². The molecule has 0 saturated carbocycles. The third kappa shape index (κ3) is 5.70. The van der Waals surface area contributed by atoms with Crippen molar-refractivity contribution in [3.8, 4) is 5.75 Å². The van der Waals surface area contributed by atoms with Gasteiger partial charge in [0.05, 0.1) is 18.0 Å². The van der Waals surface area contributed by atoms with E-state index in [9.17, 15) is 4.21 Å². The highest BCUT2D eigenvalue weighted by Crippen LogP contribution is 2.19. The summed E-state index contributed by atoms with van der Waals surface area (Å²) in [7, 11) is 0.795. The zero-order chi connectivity index (χ0) is 12.5. The maximum Gasteiger partial charge on any atom is 0.142 e. The first-order valence-corrected chi connectivity index (χ1v) is 7.04. The number of ether oxygens (including phenoxy) is 2. The van der Waals surface area contributed by atoms with Gasteiger partial charge in [-0.2, -0.15) is 0 Å². The molecule has 96 valence electrons. The van der Waals surface area contributed by atoms with Crippen molar-refractivity contribution in [3.63, 3.8) is 0 Å². The Hall–Kier alpha value is -1.07. The van der Waals surface area contributed by atoms with Crippen LogP contribution in [0.15, 0.2) is 24.3 Å². The van der Waals surface area contributed by atoms with Gasteiger partial charge >= 0.3 is 0 Å².